The lowest BCUT2D eigenvalue weighted by Crippen LogP contribution is -2.55. The van der Waals surface area contributed by atoms with Gasteiger partial charge in [-0.3, -0.25) is 14.0 Å². The Balaban J connectivity index is 1.36. The summed E-state index contributed by atoms with van der Waals surface area (Å²) in [6.07, 6.45) is 8.67. The maximum absolute atomic E-state index is 12.7. The van der Waals surface area contributed by atoms with E-state index < -0.39 is 0 Å². The van der Waals surface area contributed by atoms with Crippen molar-refractivity contribution in [2.45, 2.75) is 38.1 Å². The standard InChI is InChI=1S/C18H23N5O3S/c24-15(14-12-19-18-23(16(14)25)10-11-27-18)21-6-8-22(9-7-21)17(26)20-13-4-2-1-3-5-13/h10-13H,1-9H2,(H,20,26). The number of piperazine rings is 1. The first kappa shape index (κ1) is 18.0. The molecule has 2 fully saturated rings. The van der Waals surface area contributed by atoms with Crippen molar-refractivity contribution in [2.75, 3.05) is 26.2 Å². The molecule has 9 heteroatoms. The lowest BCUT2D eigenvalue weighted by Gasteiger charge is -2.35. The normalized spacial score (nSPS) is 18.7. The lowest BCUT2D eigenvalue weighted by molar-refractivity contribution is 0.0660. The van der Waals surface area contributed by atoms with Gasteiger partial charge < -0.3 is 15.1 Å². The second kappa shape index (κ2) is 7.67. The Labute approximate surface area is 160 Å². The summed E-state index contributed by atoms with van der Waals surface area (Å²) in [7, 11) is 0. The molecule has 2 aromatic heterocycles. The fourth-order valence-corrected chi connectivity index (χ4v) is 4.44. The average molecular weight is 389 g/mol. The zero-order valence-electron chi connectivity index (χ0n) is 15.1. The van der Waals surface area contributed by atoms with Crippen molar-refractivity contribution in [2.24, 2.45) is 0 Å². The maximum atomic E-state index is 12.7. The first-order valence-electron chi connectivity index (χ1n) is 9.43. The van der Waals surface area contributed by atoms with Gasteiger partial charge >= 0.3 is 6.03 Å². The largest absolute Gasteiger partial charge is 0.335 e. The molecule has 1 N–H and O–H groups in total. The van der Waals surface area contributed by atoms with Crippen LogP contribution in [-0.2, 0) is 0 Å². The van der Waals surface area contributed by atoms with E-state index >= 15 is 0 Å². The highest BCUT2D eigenvalue weighted by Gasteiger charge is 2.28. The van der Waals surface area contributed by atoms with E-state index in [9.17, 15) is 14.4 Å². The van der Waals surface area contributed by atoms with E-state index in [4.69, 9.17) is 0 Å². The van der Waals surface area contributed by atoms with Crippen molar-refractivity contribution in [3.8, 4) is 0 Å². The third kappa shape index (κ3) is 3.69. The van der Waals surface area contributed by atoms with Gasteiger partial charge in [0.1, 0.15) is 5.56 Å². The molecule has 0 radical (unpaired) electrons. The van der Waals surface area contributed by atoms with Crippen LogP contribution in [0.4, 0.5) is 4.79 Å². The van der Waals surface area contributed by atoms with Gasteiger partial charge in [-0.05, 0) is 12.8 Å². The van der Waals surface area contributed by atoms with Crippen LogP contribution in [0.3, 0.4) is 0 Å². The summed E-state index contributed by atoms with van der Waals surface area (Å²) in [5.74, 6) is -0.319. The van der Waals surface area contributed by atoms with E-state index in [1.165, 1.54) is 41.2 Å². The quantitative estimate of drug-likeness (QED) is 0.844. The van der Waals surface area contributed by atoms with Crippen molar-refractivity contribution in [1.29, 1.82) is 0 Å². The van der Waals surface area contributed by atoms with E-state index in [0.717, 1.165) is 12.8 Å². The van der Waals surface area contributed by atoms with Gasteiger partial charge in [-0.15, -0.1) is 11.3 Å². The molecule has 0 atom stereocenters. The number of carbonyl (C=O) groups is 2. The van der Waals surface area contributed by atoms with E-state index in [2.05, 4.69) is 10.3 Å². The van der Waals surface area contributed by atoms with Gasteiger partial charge in [0, 0.05) is 50.0 Å². The van der Waals surface area contributed by atoms with Gasteiger partial charge in [0.05, 0.1) is 0 Å². The Morgan fingerprint density at radius 1 is 1.07 bits per heavy atom. The molecule has 3 amide bonds. The predicted octanol–water partition coefficient (Wildman–Crippen LogP) is 1.56. The second-order valence-electron chi connectivity index (χ2n) is 7.10. The van der Waals surface area contributed by atoms with Crippen molar-refractivity contribution in [3.63, 3.8) is 0 Å². The first-order chi connectivity index (χ1) is 13.1. The Bertz CT molecular complexity index is 894. The highest BCUT2D eigenvalue weighted by molar-refractivity contribution is 7.15. The van der Waals surface area contributed by atoms with E-state index in [1.54, 1.807) is 21.4 Å². The molecule has 0 bridgehead atoms. The fourth-order valence-electron chi connectivity index (χ4n) is 3.77. The number of hydrogen-bond donors (Lipinski definition) is 1. The second-order valence-corrected chi connectivity index (χ2v) is 7.97. The van der Waals surface area contributed by atoms with Crippen LogP contribution in [-0.4, -0.2) is 63.3 Å². The number of carbonyl (C=O) groups excluding carboxylic acids is 2. The minimum Gasteiger partial charge on any atom is -0.335 e. The van der Waals surface area contributed by atoms with Crippen LogP contribution in [0.1, 0.15) is 42.5 Å². The number of thiazole rings is 1. The number of urea groups is 1. The minimum absolute atomic E-state index is 0.0459. The van der Waals surface area contributed by atoms with Crippen LogP contribution >= 0.6 is 11.3 Å². The van der Waals surface area contributed by atoms with Crippen molar-refractivity contribution in [3.05, 3.63) is 33.7 Å². The molecule has 3 heterocycles. The van der Waals surface area contributed by atoms with Gasteiger partial charge in [-0.25, -0.2) is 9.78 Å². The predicted molar refractivity (Wildman–Crippen MR) is 102 cm³/mol. The third-order valence-electron chi connectivity index (χ3n) is 5.36. The van der Waals surface area contributed by atoms with Crippen molar-refractivity contribution >= 4 is 28.2 Å². The summed E-state index contributed by atoms with van der Waals surface area (Å²) >= 11 is 1.35. The maximum Gasteiger partial charge on any atom is 0.317 e. The van der Waals surface area contributed by atoms with Crippen molar-refractivity contribution in [1.82, 2.24) is 24.5 Å². The summed E-state index contributed by atoms with van der Waals surface area (Å²) in [5.41, 5.74) is -0.269. The number of hydrogen-bond acceptors (Lipinski definition) is 5. The Hall–Kier alpha value is -2.42. The van der Waals surface area contributed by atoms with Crippen LogP contribution in [0.5, 0.6) is 0 Å². The SMILES string of the molecule is O=C(NC1CCCCC1)N1CCN(C(=O)c2cnc3sccn3c2=O)CC1. The topological polar surface area (TPSA) is 87.0 Å². The smallest absolute Gasteiger partial charge is 0.317 e. The van der Waals surface area contributed by atoms with Gasteiger partial charge in [0.25, 0.3) is 11.5 Å². The van der Waals surface area contributed by atoms with E-state index in [-0.39, 0.29) is 29.1 Å². The van der Waals surface area contributed by atoms with Gasteiger partial charge in [-0.1, -0.05) is 19.3 Å². The molecule has 27 heavy (non-hydrogen) atoms. The number of aromatic nitrogens is 2. The van der Waals surface area contributed by atoms with Crippen LogP contribution < -0.4 is 10.9 Å². The summed E-state index contributed by atoms with van der Waals surface area (Å²) in [6.45, 7) is 1.78. The number of amides is 3. The molecule has 1 aliphatic carbocycles. The molecule has 2 aliphatic rings. The Kier molecular flexibility index (Phi) is 5.11. The molecule has 0 spiro atoms. The molecule has 0 unspecified atom stereocenters. The Morgan fingerprint density at radius 3 is 2.52 bits per heavy atom. The number of nitrogens with one attached hydrogen (secondary N) is 1. The monoisotopic (exact) mass is 389 g/mol. The molecule has 0 aromatic carbocycles. The van der Waals surface area contributed by atoms with E-state index in [1.807, 2.05) is 0 Å². The third-order valence-corrected chi connectivity index (χ3v) is 6.13. The van der Waals surface area contributed by atoms with Crippen molar-refractivity contribution < 1.29 is 9.59 Å². The molecule has 1 saturated carbocycles. The summed E-state index contributed by atoms with van der Waals surface area (Å²) < 4.78 is 1.39. The van der Waals surface area contributed by atoms with Gasteiger partial charge in [-0.2, -0.15) is 0 Å². The van der Waals surface area contributed by atoms with Gasteiger partial charge in [0.2, 0.25) is 0 Å². The average Bonchev–Trinajstić information content (AvgIpc) is 3.18. The number of nitrogens with zero attached hydrogens (tertiary/aromatic N) is 4. The molecule has 4 rings (SSSR count). The molecule has 8 nitrogen and oxygen atoms in total. The van der Waals surface area contributed by atoms with Crippen LogP contribution in [0.15, 0.2) is 22.6 Å². The first-order valence-corrected chi connectivity index (χ1v) is 10.3. The lowest BCUT2D eigenvalue weighted by atomic mass is 9.96. The molecule has 1 aliphatic heterocycles. The summed E-state index contributed by atoms with van der Waals surface area (Å²) in [6, 6.07) is 0.227. The molecule has 1 saturated heterocycles. The van der Waals surface area contributed by atoms with Crippen LogP contribution in [0.25, 0.3) is 4.96 Å². The minimum atomic E-state index is -0.344. The molecular weight excluding hydrogens is 366 g/mol. The zero-order valence-corrected chi connectivity index (χ0v) is 15.9. The highest BCUT2D eigenvalue weighted by Crippen LogP contribution is 2.18. The molecule has 2 aromatic rings. The zero-order chi connectivity index (χ0) is 18.8. The summed E-state index contributed by atoms with van der Waals surface area (Å²) in [5, 5.41) is 4.88. The van der Waals surface area contributed by atoms with Crippen LogP contribution in [0.2, 0.25) is 0 Å². The van der Waals surface area contributed by atoms with Crippen LogP contribution in [0, 0.1) is 0 Å². The molecule has 144 valence electrons. The molecular formula is C18H23N5O3S. The summed E-state index contributed by atoms with van der Waals surface area (Å²) in [4.78, 5) is 45.8. The number of rotatable bonds is 2. The highest BCUT2D eigenvalue weighted by atomic mass is 32.1. The van der Waals surface area contributed by atoms with Gasteiger partial charge in [0.15, 0.2) is 4.96 Å². The van der Waals surface area contributed by atoms with E-state index in [0.29, 0.717) is 31.1 Å². The Morgan fingerprint density at radius 2 is 1.78 bits per heavy atom. The number of fused-ring (bicyclic) bond motifs is 1. The fraction of sp³-hybridized carbons (Fsp3) is 0.556.